The molecule has 0 spiro atoms. The summed E-state index contributed by atoms with van der Waals surface area (Å²) in [5.74, 6) is 0.396. The molecule has 1 amide bonds. The molecular weight excluding hydrogens is 396 g/mol. The van der Waals surface area contributed by atoms with Crippen molar-refractivity contribution in [2.45, 2.75) is 31.3 Å². The minimum atomic E-state index is -3.73. The third-order valence-corrected chi connectivity index (χ3v) is 6.74. The van der Waals surface area contributed by atoms with Gasteiger partial charge in [-0.3, -0.25) is 4.79 Å². The molecule has 1 aliphatic heterocycles. The molecule has 10 heteroatoms. The molecular formula is C19H26N4O5S. The van der Waals surface area contributed by atoms with Crippen molar-refractivity contribution in [1.29, 1.82) is 0 Å². The molecule has 158 valence electrons. The number of ether oxygens (including phenoxy) is 2. The van der Waals surface area contributed by atoms with E-state index in [9.17, 15) is 13.2 Å². The van der Waals surface area contributed by atoms with Crippen molar-refractivity contribution in [2.24, 2.45) is 5.92 Å². The summed E-state index contributed by atoms with van der Waals surface area (Å²) in [6.45, 7) is 3.05. The van der Waals surface area contributed by atoms with Gasteiger partial charge in [0.05, 0.1) is 26.5 Å². The predicted molar refractivity (Wildman–Crippen MR) is 108 cm³/mol. The molecule has 0 aliphatic carbocycles. The zero-order valence-corrected chi connectivity index (χ0v) is 17.6. The predicted octanol–water partition coefficient (Wildman–Crippen LogP) is 1.96. The second kappa shape index (κ2) is 8.83. The monoisotopic (exact) mass is 422 g/mol. The van der Waals surface area contributed by atoms with Gasteiger partial charge in [0.25, 0.3) is 10.0 Å². The van der Waals surface area contributed by atoms with E-state index in [-0.39, 0.29) is 17.5 Å². The van der Waals surface area contributed by atoms with Gasteiger partial charge in [0.1, 0.15) is 0 Å². The maximum atomic E-state index is 12.9. The number of methoxy groups -OCH3 is 2. The van der Waals surface area contributed by atoms with Crippen LogP contribution in [0.25, 0.3) is 0 Å². The highest BCUT2D eigenvalue weighted by Crippen LogP contribution is 2.30. The molecule has 2 aromatic rings. The summed E-state index contributed by atoms with van der Waals surface area (Å²) < 4.78 is 39.3. The van der Waals surface area contributed by atoms with Crippen molar-refractivity contribution in [3.05, 3.63) is 30.7 Å². The fraction of sp³-hybridized carbons (Fsp3) is 0.474. The van der Waals surface area contributed by atoms with Crippen molar-refractivity contribution in [2.75, 3.05) is 32.6 Å². The standard InChI is InChI=1S/C19H26N4O5S/c1-4-22-12-18(20-13-22)29(25,26)23-9-5-6-14(11-23)19(24)21-15-7-8-16(27-2)17(10-15)28-3/h7-8,10,12-14H,4-6,9,11H2,1-3H3,(H,21,24)/t14-/m1/s1. The van der Waals surface area contributed by atoms with Crippen LogP contribution in [0.4, 0.5) is 5.69 Å². The lowest BCUT2D eigenvalue weighted by Gasteiger charge is -2.30. The highest BCUT2D eigenvalue weighted by atomic mass is 32.2. The van der Waals surface area contributed by atoms with Gasteiger partial charge in [-0.1, -0.05) is 0 Å². The van der Waals surface area contributed by atoms with Crippen LogP contribution in [-0.4, -0.2) is 55.5 Å². The van der Waals surface area contributed by atoms with Crippen LogP contribution < -0.4 is 14.8 Å². The number of sulfonamides is 1. The molecule has 1 aromatic heterocycles. The van der Waals surface area contributed by atoms with E-state index in [0.29, 0.717) is 43.1 Å². The Kier molecular flexibility index (Phi) is 6.43. The number of anilines is 1. The average Bonchev–Trinajstić information content (AvgIpc) is 3.24. The summed E-state index contributed by atoms with van der Waals surface area (Å²) in [4.78, 5) is 16.8. The molecule has 1 atom stereocenters. The van der Waals surface area contributed by atoms with Crippen LogP contribution in [0, 0.1) is 5.92 Å². The fourth-order valence-corrected chi connectivity index (χ4v) is 4.77. The van der Waals surface area contributed by atoms with Crippen molar-refractivity contribution in [1.82, 2.24) is 13.9 Å². The maximum absolute atomic E-state index is 12.9. The number of benzene rings is 1. The summed E-state index contributed by atoms with van der Waals surface area (Å²) in [5.41, 5.74) is 0.564. The molecule has 1 fully saturated rings. The Morgan fingerprint density at radius 1 is 1.28 bits per heavy atom. The minimum Gasteiger partial charge on any atom is -0.493 e. The largest absolute Gasteiger partial charge is 0.493 e. The Balaban J connectivity index is 1.71. The van der Waals surface area contributed by atoms with Gasteiger partial charge in [-0.15, -0.1) is 0 Å². The van der Waals surface area contributed by atoms with Gasteiger partial charge in [-0.25, -0.2) is 13.4 Å². The van der Waals surface area contributed by atoms with Gasteiger partial charge in [0.15, 0.2) is 16.5 Å². The van der Waals surface area contributed by atoms with Crippen molar-refractivity contribution in [3.8, 4) is 11.5 Å². The number of rotatable bonds is 7. The van der Waals surface area contributed by atoms with Crippen LogP contribution in [-0.2, 0) is 21.4 Å². The Morgan fingerprint density at radius 2 is 2.03 bits per heavy atom. The minimum absolute atomic E-state index is 0.0142. The quantitative estimate of drug-likeness (QED) is 0.732. The first kappa shape index (κ1) is 21.1. The van der Waals surface area contributed by atoms with Crippen molar-refractivity contribution in [3.63, 3.8) is 0 Å². The molecule has 0 radical (unpaired) electrons. The Bertz CT molecular complexity index is 973. The average molecular weight is 423 g/mol. The Labute approximate surface area is 170 Å². The number of nitrogens with one attached hydrogen (secondary N) is 1. The van der Waals surface area contributed by atoms with Crippen LogP contribution >= 0.6 is 0 Å². The molecule has 1 aromatic carbocycles. The number of carbonyl (C=O) groups is 1. The van der Waals surface area contributed by atoms with Crippen LogP contribution in [0.15, 0.2) is 35.7 Å². The summed E-state index contributed by atoms with van der Waals surface area (Å²) >= 11 is 0. The summed E-state index contributed by atoms with van der Waals surface area (Å²) in [6.07, 6.45) is 4.24. The molecule has 0 unspecified atom stereocenters. The van der Waals surface area contributed by atoms with Crippen molar-refractivity contribution < 1.29 is 22.7 Å². The topological polar surface area (TPSA) is 103 Å². The summed E-state index contributed by atoms with van der Waals surface area (Å²) in [6, 6.07) is 5.09. The van der Waals surface area contributed by atoms with E-state index >= 15 is 0 Å². The highest BCUT2D eigenvalue weighted by Gasteiger charge is 2.34. The maximum Gasteiger partial charge on any atom is 0.262 e. The van der Waals surface area contributed by atoms with Crippen molar-refractivity contribution >= 4 is 21.6 Å². The van der Waals surface area contributed by atoms with Crippen LogP contribution in [0.1, 0.15) is 19.8 Å². The Hall–Kier alpha value is -2.59. The normalized spacial score (nSPS) is 17.7. The molecule has 2 heterocycles. The number of hydrogen-bond donors (Lipinski definition) is 1. The van der Waals surface area contributed by atoms with Gasteiger partial charge in [-0.2, -0.15) is 4.31 Å². The lowest BCUT2D eigenvalue weighted by atomic mass is 9.98. The summed E-state index contributed by atoms with van der Waals surface area (Å²) in [5, 5.41) is 2.86. The number of aromatic nitrogens is 2. The van der Waals surface area contributed by atoms with Gasteiger partial charge in [-0.05, 0) is 31.9 Å². The SMILES string of the molecule is CCn1cnc(S(=O)(=O)N2CCC[C@@H](C(=O)Nc3ccc(OC)c(OC)c3)C2)c1. The number of nitrogens with zero attached hydrogens (tertiary/aromatic N) is 3. The van der Waals surface area contributed by atoms with Gasteiger partial charge in [0, 0.05) is 37.6 Å². The van der Waals surface area contributed by atoms with E-state index in [1.165, 1.54) is 31.0 Å². The van der Waals surface area contributed by atoms with E-state index in [2.05, 4.69) is 10.3 Å². The first-order valence-electron chi connectivity index (χ1n) is 9.43. The highest BCUT2D eigenvalue weighted by molar-refractivity contribution is 7.89. The number of amides is 1. The molecule has 9 nitrogen and oxygen atoms in total. The zero-order valence-electron chi connectivity index (χ0n) is 16.8. The third-order valence-electron chi connectivity index (χ3n) is 4.98. The molecule has 0 saturated carbocycles. The molecule has 29 heavy (non-hydrogen) atoms. The molecule has 0 bridgehead atoms. The molecule has 3 rings (SSSR count). The first-order valence-corrected chi connectivity index (χ1v) is 10.9. The lowest BCUT2D eigenvalue weighted by Crippen LogP contribution is -2.43. The van der Waals surface area contributed by atoms with Crippen LogP contribution in [0.5, 0.6) is 11.5 Å². The van der Waals surface area contributed by atoms with E-state index in [0.717, 1.165) is 0 Å². The van der Waals surface area contributed by atoms with E-state index in [1.54, 1.807) is 22.8 Å². The number of piperidine rings is 1. The fourth-order valence-electron chi connectivity index (χ4n) is 3.31. The summed E-state index contributed by atoms with van der Waals surface area (Å²) in [7, 11) is -0.666. The van der Waals surface area contributed by atoms with Gasteiger partial charge in [0.2, 0.25) is 5.91 Å². The molecule has 1 saturated heterocycles. The van der Waals surface area contributed by atoms with E-state index < -0.39 is 15.9 Å². The zero-order chi connectivity index (χ0) is 21.0. The van der Waals surface area contributed by atoms with Gasteiger partial charge < -0.3 is 19.4 Å². The first-order chi connectivity index (χ1) is 13.9. The number of carbonyl (C=O) groups excluding carboxylic acids is 1. The van der Waals surface area contributed by atoms with E-state index in [1.807, 2.05) is 6.92 Å². The number of aryl methyl sites for hydroxylation is 1. The van der Waals surface area contributed by atoms with E-state index in [4.69, 9.17) is 9.47 Å². The Morgan fingerprint density at radius 3 is 2.69 bits per heavy atom. The third kappa shape index (κ3) is 4.54. The number of hydrogen-bond acceptors (Lipinski definition) is 6. The molecule has 1 aliphatic rings. The second-order valence-electron chi connectivity index (χ2n) is 6.80. The molecule has 1 N–H and O–H groups in total. The number of imidazole rings is 1. The van der Waals surface area contributed by atoms with Crippen LogP contribution in [0.3, 0.4) is 0 Å². The second-order valence-corrected chi connectivity index (χ2v) is 8.69. The smallest absolute Gasteiger partial charge is 0.262 e. The van der Waals surface area contributed by atoms with Gasteiger partial charge >= 0.3 is 0 Å². The lowest BCUT2D eigenvalue weighted by molar-refractivity contribution is -0.120. The van der Waals surface area contributed by atoms with Crippen LogP contribution in [0.2, 0.25) is 0 Å².